The van der Waals surface area contributed by atoms with Gasteiger partial charge in [-0.1, -0.05) is 13.8 Å². The van der Waals surface area contributed by atoms with Crippen LogP contribution >= 0.6 is 11.3 Å². The lowest BCUT2D eigenvalue weighted by Crippen LogP contribution is -2.39. The van der Waals surface area contributed by atoms with E-state index in [-0.39, 0.29) is 15.8 Å². The standard InChI is InChI=1S/C13H19NO4S2/c1-8-3-9(2)5-11(4-8)14-20(17,18)12-6-10(7-19-12)13(15)16/h6-9,11,14H,3-5H2,1-2H3,(H,15,16). The van der Waals surface area contributed by atoms with Crippen molar-refractivity contribution in [3.05, 3.63) is 17.0 Å². The first kappa shape index (κ1) is 15.5. The smallest absolute Gasteiger partial charge is 0.336 e. The Kier molecular flexibility index (Phi) is 4.51. The molecule has 0 saturated heterocycles. The number of nitrogens with one attached hydrogen (secondary N) is 1. The van der Waals surface area contributed by atoms with Crippen molar-refractivity contribution in [3.63, 3.8) is 0 Å². The van der Waals surface area contributed by atoms with Crippen molar-refractivity contribution in [1.29, 1.82) is 0 Å². The predicted octanol–water partition coefficient (Wildman–Crippen LogP) is 2.55. The Hall–Kier alpha value is -0.920. The van der Waals surface area contributed by atoms with Crippen LogP contribution in [0.4, 0.5) is 0 Å². The maximum absolute atomic E-state index is 12.3. The van der Waals surface area contributed by atoms with Crippen molar-refractivity contribution in [2.45, 2.75) is 43.4 Å². The molecule has 1 aliphatic rings. The lowest BCUT2D eigenvalue weighted by atomic mass is 9.81. The molecule has 5 nitrogen and oxygen atoms in total. The largest absolute Gasteiger partial charge is 0.478 e. The first-order valence-corrected chi connectivity index (χ1v) is 8.98. The summed E-state index contributed by atoms with van der Waals surface area (Å²) in [6, 6.07) is 1.15. The fraction of sp³-hybridized carbons (Fsp3) is 0.615. The van der Waals surface area contributed by atoms with Crippen LogP contribution in [0.2, 0.25) is 0 Å². The molecule has 2 rings (SSSR count). The highest BCUT2D eigenvalue weighted by atomic mass is 32.2. The number of thiophene rings is 1. The molecular weight excluding hydrogens is 298 g/mol. The van der Waals surface area contributed by atoms with Gasteiger partial charge in [0.1, 0.15) is 4.21 Å². The third-order valence-electron chi connectivity index (χ3n) is 3.59. The molecule has 1 aliphatic carbocycles. The Labute approximate surface area is 123 Å². The summed E-state index contributed by atoms with van der Waals surface area (Å²) in [5.41, 5.74) is 0.0146. The molecule has 1 fully saturated rings. The second kappa shape index (κ2) is 5.83. The van der Waals surface area contributed by atoms with E-state index in [0.717, 1.165) is 30.6 Å². The van der Waals surface area contributed by atoms with Gasteiger partial charge in [0.2, 0.25) is 10.0 Å². The van der Waals surface area contributed by atoms with Crippen LogP contribution in [0.25, 0.3) is 0 Å². The molecule has 2 unspecified atom stereocenters. The molecule has 7 heteroatoms. The van der Waals surface area contributed by atoms with Gasteiger partial charge in [-0.25, -0.2) is 17.9 Å². The number of carboxylic acids is 1. The number of carboxylic acid groups (broad SMARTS) is 1. The van der Waals surface area contributed by atoms with Crippen molar-refractivity contribution >= 4 is 27.3 Å². The van der Waals surface area contributed by atoms with Crippen LogP contribution in [0.15, 0.2) is 15.7 Å². The van der Waals surface area contributed by atoms with Gasteiger partial charge in [0.25, 0.3) is 0 Å². The molecule has 0 aromatic carbocycles. The third kappa shape index (κ3) is 3.59. The molecule has 1 aromatic heterocycles. The third-order valence-corrected chi connectivity index (χ3v) is 6.55. The van der Waals surface area contributed by atoms with Gasteiger partial charge in [-0.05, 0) is 37.2 Å². The van der Waals surface area contributed by atoms with Gasteiger partial charge in [-0.3, -0.25) is 0 Å². The monoisotopic (exact) mass is 317 g/mol. The molecule has 0 bridgehead atoms. The first-order valence-electron chi connectivity index (χ1n) is 6.62. The first-order chi connectivity index (χ1) is 9.28. The quantitative estimate of drug-likeness (QED) is 0.894. The topological polar surface area (TPSA) is 83.5 Å². The van der Waals surface area contributed by atoms with E-state index in [9.17, 15) is 13.2 Å². The normalized spacial score (nSPS) is 27.4. The van der Waals surface area contributed by atoms with E-state index in [1.165, 1.54) is 11.4 Å². The summed E-state index contributed by atoms with van der Waals surface area (Å²) in [5.74, 6) is -0.101. The average Bonchev–Trinajstić information content (AvgIpc) is 2.76. The van der Waals surface area contributed by atoms with Crippen LogP contribution in [0.3, 0.4) is 0 Å². The van der Waals surface area contributed by atoms with Crippen LogP contribution in [-0.4, -0.2) is 25.5 Å². The van der Waals surface area contributed by atoms with Crippen molar-refractivity contribution in [1.82, 2.24) is 4.72 Å². The number of carbonyl (C=O) groups is 1. The Bertz CT molecular complexity index is 583. The molecule has 0 aliphatic heterocycles. The number of rotatable bonds is 4. The van der Waals surface area contributed by atoms with Gasteiger partial charge in [-0.15, -0.1) is 11.3 Å². The zero-order valence-electron chi connectivity index (χ0n) is 11.5. The number of aromatic carboxylic acids is 1. The van der Waals surface area contributed by atoms with Gasteiger partial charge >= 0.3 is 5.97 Å². The Morgan fingerprint density at radius 2 is 1.90 bits per heavy atom. The maximum atomic E-state index is 12.3. The highest BCUT2D eigenvalue weighted by Crippen LogP contribution is 2.30. The summed E-state index contributed by atoms with van der Waals surface area (Å²) < 4.78 is 27.3. The predicted molar refractivity (Wildman–Crippen MR) is 77.6 cm³/mol. The van der Waals surface area contributed by atoms with E-state index < -0.39 is 16.0 Å². The van der Waals surface area contributed by atoms with Gasteiger partial charge in [0.05, 0.1) is 5.56 Å². The van der Waals surface area contributed by atoms with Gasteiger partial charge in [0.15, 0.2) is 0 Å². The number of hydrogen-bond acceptors (Lipinski definition) is 4. The molecule has 1 heterocycles. The molecule has 0 amide bonds. The average molecular weight is 317 g/mol. The number of sulfonamides is 1. The molecule has 0 spiro atoms. The lowest BCUT2D eigenvalue weighted by Gasteiger charge is -2.31. The van der Waals surface area contributed by atoms with Crippen molar-refractivity contribution in [2.75, 3.05) is 0 Å². The highest BCUT2D eigenvalue weighted by molar-refractivity contribution is 7.91. The van der Waals surface area contributed by atoms with Crippen molar-refractivity contribution < 1.29 is 18.3 Å². The van der Waals surface area contributed by atoms with E-state index >= 15 is 0 Å². The highest BCUT2D eigenvalue weighted by Gasteiger charge is 2.28. The van der Waals surface area contributed by atoms with E-state index in [4.69, 9.17) is 5.11 Å². The van der Waals surface area contributed by atoms with Crippen LogP contribution in [-0.2, 0) is 10.0 Å². The minimum atomic E-state index is -3.61. The summed E-state index contributed by atoms with van der Waals surface area (Å²) in [7, 11) is -3.61. The molecule has 0 radical (unpaired) electrons. The molecule has 112 valence electrons. The second-order valence-electron chi connectivity index (χ2n) is 5.70. The minimum absolute atomic E-state index is 0.0146. The number of hydrogen-bond donors (Lipinski definition) is 2. The van der Waals surface area contributed by atoms with E-state index in [1.54, 1.807) is 0 Å². The molecule has 2 N–H and O–H groups in total. The van der Waals surface area contributed by atoms with Crippen LogP contribution in [0.5, 0.6) is 0 Å². The zero-order valence-corrected chi connectivity index (χ0v) is 13.1. The fourth-order valence-corrected chi connectivity index (χ4v) is 5.32. The van der Waals surface area contributed by atoms with Gasteiger partial charge in [0, 0.05) is 11.4 Å². The Balaban J connectivity index is 2.12. The Morgan fingerprint density at radius 1 is 1.30 bits per heavy atom. The molecular formula is C13H19NO4S2. The van der Waals surface area contributed by atoms with Gasteiger partial charge in [-0.2, -0.15) is 0 Å². The SMILES string of the molecule is CC1CC(C)CC(NS(=O)(=O)c2cc(C(=O)O)cs2)C1. The molecule has 1 saturated carbocycles. The van der Waals surface area contributed by atoms with E-state index in [1.807, 2.05) is 0 Å². The van der Waals surface area contributed by atoms with Gasteiger partial charge < -0.3 is 5.11 Å². The van der Waals surface area contributed by atoms with Crippen LogP contribution < -0.4 is 4.72 Å². The summed E-state index contributed by atoms with van der Waals surface area (Å²) in [6.07, 6.45) is 2.79. The summed E-state index contributed by atoms with van der Waals surface area (Å²) >= 11 is 0.944. The maximum Gasteiger partial charge on any atom is 0.336 e. The van der Waals surface area contributed by atoms with Crippen LogP contribution in [0.1, 0.15) is 43.5 Å². The lowest BCUT2D eigenvalue weighted by molar-refractivity contribution is 0.0697. The fourth-order valence-electron chi connectivity index (χ4n) is 2.89. The zero-order chi connectivity index (χ0) is 14.9. The van der Waals surface area contributed by atoms with E-state index in [2.05, 4.69) is 18.6 Å². The van der Waals surface area contributed by atoms with Crippen LogP contribution in [0, 0.1) is 11.8 Å². The summed E-state index contributed by atoms with van der Waals surface area (Å²) in [4.78, 5) is 10.8. The Morgan fingerprint density at radius 3 is 2.40 bits per heavy atom. The molecule has 20 heavy (non-hydrogen) atoms. The molecule has 1 aromatic rings. The second-order valence-corrected chi connectivity index (χ2v) is 8.55. The summed E-state index contributed by atoms with van der Waals surface area (Å²) in [5, 5.41) is 10.2. The molecule has 2 atom stereocenters. The van der Waals surface area contributed by atoms with E-state index in [0.29, 0.717) is 11.8 Å². The van der Waals surface area contributed by atoms with Crippen molar-refractivity contribution in [2.24, 2.45) is 11.8 Å². The minimum Gasteiger partial charge on any atom is -0.478 e. The van der Waals surface area contributed by atoms with Crippen molar-refractivity contribution in [3.8, 4) is 0 Å². The summed E-state index contributed by atoms with van der Waals surface area (Å²) in [6.45, 7) is 4.26.